The van der Waals surface area contributed by atoms with E-state index in [0.29, 0.717) is 6.42 Å². The Bertz CT molecular complexity index is 962. The number of aryl methyl sites for hydroxylation is 2. The number of amides is 2. The molecule has 2 amide bonds. The maximum Gasteiger partial charge on any atom is 0.226 e. The van der Waals surface area contributed by atoms with E-state index in [2.05, 4.69) is 50.2 Å². The Balaban J connectivity index is 1.25. The van der Waals surface area contributed by atoms with Gasteiger partial charge < -0.3 is 9.80 Å². The number of carbonyl (C=O) groups is 2. The molecule has 3 aliphatic rings. The molecule has 1 saturated carbocycles. The predicted molar refractivity (Wildman–Crippen MR) is 126 cm³/mol. The Kier molecular flexibility index (Phi) is 5.79. The van der Waals surface area contributed by atoms with E-state index in [9.17, 15) is 9.59 Å². The summed E-state index contributed by atoms with van der Waals surface area (Å²) in [6, 6.07) is 12.9. The van der Waals surface area contributed by atoms with Crippen molar-refractivity contribution >= 4 is 11.8 Å². The van der Waals surface area contributed by atoms with Gasteiger partial charge in [0, 0.05) is 38.0 Å². The fourth-order valence-electron chi connectivity index (χ4n) is 6.03. The number of hydrogen-bond acceptors (Lipinski definition) is 2. The highest BCUT2D eigenvalue weighted by molar-refractivity contribution is 5.83. The van der Waals surface area contributed by atoms with E-state index in [-0.39, 0.29) is 23.7 Å². The first-order valence-corrected chi connectivity index (χ1v) is 12.2. The van der Waals surface area contributed by atoms with Crippen LogP contribution in [-0.2, 0) is 35.5 Å². The molecule has 0 spiro atoms. The number of benzene rings is 2. The second-order valence-electron chi connectivity index (χ2n) is 10.0. The minimum atomic E-state index is -0.0120. The van der Waals surface area contributed by atoms with Gasteiger partial charge in [0.05, 0.1) is 0 Å². The summed E-state index contributed by atoms with van der Waals surface area (Å²) in [5.74, 6) is 0.497. The van der Waals surface area contributed by atoms with Gasteiger partial charge in [0.1, 0.15) is 0 Å². The third-order valence-electron chi connectivity index (χ3n) is 8.01. The van der Waals surface area contributed by atoms with Crippen molar-refractivity contribution in [3.05, 3.63) is 69.8 Å². The molecule has 2 aliphatic heterocycles. The van der Waals surface area contributed by atoms with Crippen molar-refractivity contribution in [3.8, 4) is 0 Å². The lowest BCUT2D eigenvalue weighted by Gasteiger charge is -2.37. The SMILES string of the molecule is Cc1cccc2c1CN(C(=O)C1CCCC(C(=O)N3CCc4cccc(C)c4C3)C1)CC2. The quantitative estimate of drug-likeness (QED) is 0.700. The highest BCUT2D eigenvalue weighted by atomic mass is 16.2. The van der Waals surface area contributed by atoms with Gasteiger partial charge in [-0.05, 0) is 79.3 Å². The van der Waals surface area contributed by atoms with Gasteiger partial charge in [-0.25, -0.2) is 0 Å². The van der Waals surface area contributed by atoms with Crippen LogP contribution in [0.2, 0.25) is 0 Å². The molecule has 2 heterocycles. The van der Waals surface area contributed by atoms with Crippen molar-refractivity contribution in [1.82, 2.24) is 9.80 Å². The van der Waals surface area contributed by atoms with E-state index < -0.39 is 0 Å². The number of rotatable bonds is 2. The highest BCUT2D eigenvalue weighted by Crippen LogP contribution is 2.34. The average Bonchev–Trinajstić information content (AvgIpc) is 2.83. The molecule has 0 aromatic heterocycles. The van der Waals surface area contributed by atoms with Gasteiger partial charge in [0.15, 0.2) is 0 Å². The summed E-state index contributed by atoms with van der Waals surface area (Å²) in [7, 11) is 0. The van der Waals surface area contributed by atoms with Crippen molar-refractivity contribution in [2.45, 2.75) is 65.5 Å². The zero-order chi connectivity index (χ0) is 22.2. The minimum Gasteiger partial charge on any atom is -0.338 e. The summed E-state index contributed by atoms with van der Waals surface area (Å²) in [5, 5.41) is 0. The van der Waals surface area contributed by atoms with Gasteiger partial charge in [0.2, 0.25) is 11.8 Å². The second-order valence-corrected chi connectivity index (χ2v) is 10.0. The van der Waals surface area contributed by atoms with Crippen LogP contribution in [0, 0.1) is 25.7 Å². The number of carbonyl (C=O) groups excluding carboxylic acids is 2. The molecule has 0 N–H and O–H groups in total. The van der Waals surface area contributed by atoms with Gasteiger partial charge in [-0.15, -0.1) is 0 Å². The van der Waals surface area contributed by atoms with E-state index >= 15 is 0 Å². The molecule has 2 aromatic carbocycles. The predicted octanol–water partition coefficient (Wildman–Crippen LogP) is 4.58. The summed E-state index contributed by atoms with van der Waals surface area (Å²) in [6.07, 6.45) is 5.39. The molecule has 2 aromatic rings. The average molecular weight is 431 g/mol. The first-order chi connectivity index (χ1) is 15.5. The lowest BCUT2D eigenvalue weighted by atomic mass is 9.79. The van der Waals surface area contributed by atoms with Crippen molar-refractivity contribution in [3.63, 3.8) is 0 Å². The molecular formula is C28H34N2O2. The van der Waals surface area contributed by atoms with E-state index in [1.807, 2.05) is 9.80 Å². The van der Waals surface area contributed by atoms with Crippen molar-refractivity contribution in [2.75, 3.05) is 13.1 Å². The summed E-state index contributed by atoms with van der Waals surface area (Å²) in [5.41, 5.74) is 7.95. The van der Waals surface area contributed by atoms with Crippen LogP contribution < -0.4 is 0 Å². The van der Waals surface area contributed by atoms with Crippen molar-refractivity contribution in [2.24, 2.45) is 11.8 Å². The Morgan fingerprint density at radius 1 is 0.750 bits per heavy atom. The van der Waals surface area contributed by atoms with Crippen LogP contribution in [0.4, 0.5) is 0 Å². The molecule has 4 heteroatoms. The van der Waals surface area contributed by atoms with Gasteiger partial charge in [0.25, 0.3) is 0 Å². The number of hydrogen-bond donors (Lipinski definition) is 0. The minimum absolute atomic E-state index is 0.0120. The molecule has 0 saturated heterocycles. The summed E-state index contributed by atoms with van der Waals surface area (Å²) >= 11 is 0. The maximum atomic E-state index is 13.4. The molecule has 0 radical (unpaired) electrons. The largest absolute Gasteiger partial charge is 0.338 e. The fraction of sp³-hybridized carbons (Fsp3) is 0.500. The van der Waals surface area contributed by atoms with Gasteiger partial charge >= 0.3 is 0 Å². The zero-order valence-electron chi connectivity index (χ0n) is 19.4. The van der Waals surface area contributed by atoms with E-state index in [0.717, 1.165) is 58.3 Å². The number of fused-ring (bicyclic) bond motifs is 2. The fourth-order valence-corrected chi connectivity index (χ4v) is 6.03. The maximum absolute atomic E-state index is 13.4. The molecule has 4 nitrogen and oxygen atoms in total. The molecule has 1 fully saturated rings. The van der Waals surface area contributed by atoms with Gasteiger partial charge in [-0.1, -0.05) is 42.8 Å². The summed E-state index contributed by atoms with van der Waals surface area (Å²) < 4.78 is 0. The van der Waals surface area contributed by atoms with Crippen LogP contribution in [0.5, 0.6) is 0 Å². The highest BCUT2D eigenvalue weighted by Gasteiger charge is 2.36. The first-order valence-electron chi connectivity index (χ1n) is 12.2. The van der Waals surface area contributed by atoms with Crippen LogP contribution in [0.1, 0.15) is 59.1 Å². The Hall–Kier alpha value is -2.62. The third-order valence-corrected chi connectivity index (χ3v) is 8.01. The van der Waals surface area contributed by atoms with Gasteiger partial charge in [-0.2, -0.15) is 0 Å². The van der Waals surface area contributed by atoms with Gasteiger partial charge in [-0.3, -0.25) is 9.59 Å². The molecule has 168 valence electrons. The smallest absolute Gasteiger partial charge is 0.226 e. The lowest BCUT2D eigenvalue weighted by Crippen LogP contribution is -2.45. The zero-order valence-corrected chi connectivity index (χ0v) is 19.4. The van der Waals surface area contributed by atoms with Crippen LogP contribution in [0.25, 0.3) is 0 Å². The Labute approximate surface area is 191 Å². The van der Waals surface area contributed by atoms with E-state index in [1.54, 1.807) is 0 Å². The molecule has 2 unspecified atom stereocenters. The topological polar surface area (TPSA) is 40.6 Å². The Morgan fingerprint density at radius 3 is 1.69 bits per heavy atom. The molecule has 5 rings (SSSR count). The van der Waals surface area contributed by atoms with Crippen LogP contribution in [0.3, 0.4) is 0 Å². The first kappa shape index (κ1) is 21.2. The molecule has 1 aliphatic carbocycles. The molecule has 0 bridgehead atoms. The van der Waals surface area contributed by atoms with Crippen LogP contribution >= 0.6 is 0 Å². The number of nitrogens with zero attached hydrogens (tertiary/aromatic N) is 2. The summed E-state index contributed by atoms with van der Waals surface area (Å²) in [6.45, 7) is 7.32. The van der Waals surface area contributed by atoms with Crippen LogP contribution in [-0.4, -0.2) is 34.7 Å². The van der Waals surface area contributed by atoms with E-state index in [1.165, 1.54) is 33.4 Å². The van der Waals surface area contributed by atoms with Crippen LogP contribution in [0.15, 0.2) is 36.4 Å². The Morgan fingerprint density at radius 2 is 1.22 bits per heavy atom. The normalized spacial score (nSPS) is 22.8. The second kappa shape index (κ2) is 8.73. The van der Waals surface area contributed by atoms with Crippen molar-refractivity contribution in [1.29, 1.82) is 0 Å². The standard InChI is InChI=1S/C28H34N2O2/c1-19-6-3-8-21-12-14-29(17-25(19)21)27(31)23-10-5-11-24(16-23)28(32)30-15-13-22-9-4-7-20(2)26(22)18-30/h3-4,6-9,23-24H,5,10-18H2,1-2H3. The monoisotopic (exact) mass is 430 g/mol. The van der Waals surface area contributed by atoms with E-state index in [4.69, 9.17) is 0 Å². The molecule has 32 heavy (non-hydrogen) atoms. The third kappa shape index (κ3) is 3.96. The lowest BCUT2D eigenvalue weighted by molar-refractivity contribution is -0.142. The summed E-state index contributed by atoms with van der Waals surface area (Å²) in [4.78, 5) is 31.0. The molecule has 2 atom stereocenters. The van der Waals surface area contributed by atoms with Crippen molar-refractivity contribution < 1.29 is 9.59 Å². The molecular weight excluding hydrogens is 396 g/mol.